The Morgan fingerprint density at radius 3 is 2.53 bits per heavy atom. The van der Waals surface area contributed by atoms with Crippen molar-refractivity contribution in [1.82, 2.24) is 14.9 Å². The lowest BCUT2D eigenvalue weighted by Gasteiger charge is -2.37. The van der Waals surface area contributed by atoms with E-state index in [1.807, 2.05) is 18.2 Å². The monoisotopic (exact) mass is 480 g/mol. The van der Waals surface area contributed by atoms with Crippen LogP contribution in [0.2, 0.25) is 5.02 Å². The molecule has 0 bridgehead atoms. The molecule has 1 saturated heterocycles. The maximum Gasteiger partial charge on any atom is 0.257 e. The number of nitrogens with two attached hydrogens (primary N) is 1. The van der Waals surface area contributed by atoms with Gasteiger partial charge in [0.15, 0.2) is 6.10 Å². The zero-order valence-corrected chi connectivity index (χ0v) is 20.0. The first-order chi connectivity index (χ1) is 16.3. The molecule has 1 aliphatic heterocycles. The van der Waals surface area contributed by atoms with Crippen LogP contribution in [-0.4, -0.2) is 59.1 Å². The standard InChI is InChI=1S/C25H29ClN6O2/c1-31(2)19-10-13-32(14-11-19)22-15-17(20-9-12-28-25(27)30-20)5-8-21(22)29-24(34)23(33)16-3-6-18(26)7-4-16/h3-9,12,15,19,23,33H,10-11,13-14H2,1-2H3,(H,29,34)(H2,27,28,30). The fourth-order valence-electron chi connectivity index (χ4n) is 4.21. The highest BCUT2D eigenvalue weighted by molar-refractivity contribution is 6.30. The summed E-state index contributed by atoms with van der Waals surface area (Å²) >= 11 is 5.93. The third-order valence-corrected chi connectivity index (χ3v) is 6.45. The number of rotatable bonds is 6. The Morgan fingerprint density at radius 1 is 1.18 bits per heavy atom. The molecule has 1 amide bonds. The van der Waals surface area contributed by atoms with Gasteiger partial charge in [0.2, 0.25) is 5.95 Å². The van der Waals surface area contributed by atoms with E-state index in [9.17, 15) is 9.90 Å². The van der Waals surface area contributed by atoms with Crippen molar-refractivity contribution in [1.29, 1.82) is 0 Å². The topological polar surface area (TPSA) is 108 Å². The summed E-state index contributed by atoms with van der Waals surface area (Å²) in [6.07, 6.45) is 2.33. The molecule has 1 fully saturated rings. The molecule has 2 heterocycles. The molecule has 0 saturated carbocycles. The number of halogens is 1. The van der Waals surface area contributed by atoms with Crippen LogP contribution in [0.25, 0.3) is 11.3 Å². The van der Waals surface area contributed by atoms with Crippen molar-refractivity contribution < 1.29 is 9.90 Å². The largest absolute Gasteiger partial charge is 0.378 e. The molecule has 0 aliphatic carbocycles. The highest BCUT2D eigenvalue weighted by atomic mass is 35.5. The zero-order chi connectivity index (χ0) is 24.2. The molecule has 1 atom stereocenters. The smallest absolute Gasteiger partial charge is 0.257 e. The van der Waals surface area contributed by atoms with Gasteiger partial charge in [-0.05, 0) is 62.8 Å². The molecular weight excluding hydrogens is 452 g/mol. The first-order valence-corrected chi connectivity index (χ1v) is 11.6. The van der Waals surface area contributed by atoms with Gasteiger partial charge in [0.1, 0.15) is 0 Å². The number of aromatic nitrogens is 2. The van der Waals surface area contributed by atoms with Gasteiger partial charge < -0.3 is 26.0 Å². The van der Waals surface area contributed by atoms with Crippen LogP contribution >= 0.6 is 11.6 Å². The van der Waals surface area contributed by atoms with Gasteiger partial charge in [0, 0.05) is 35.9 Å². The second-order valence-corrected chi connectivity index (χ2v) is 9.09. The Kier molecular flexibility index (Phi) is 7.31. The van der Waals surface area contributed by atoms with E-state index >= 15 is 0 Å². The fourth-order valence-corrected chi connectivity index (χ4v) is 4.34. The van der Waals surface area contributed by atoms with E-state index < -0.39 is 12.0 Å². The van der Waals surface area contributed by atoms with Crippen LogP contribution < -0.4 is 16.0 Å². The number of aliphatic hydroxyl groups is 1. The lowest BCUT2D eigenvalue weighted by Crippen LogP contribution is -2.42. The second-order valence-electron chi connectivity index (χ2n) is 8.66. The van der Waals surface area contributed by atoms with Crippen molar-refractivity contribution in [2.75, 3.05) is 43.1 Å². The van der Waals surface area contributed by atoms with Crippen LogP contribution in [0.3, 0.4) is 0 Å². The van der Waals surface area contributed by atoms with E-state index in [1.54, 1.807) is 36.5 Å². The number of nitrogens with zero attached hydrogens (tertiary/aromatic N) is 4. The van der Waals surface area contributed by atoms with Gasteiger partial charge in [0.25, 0.3) is 5.91 Å². The minimum absolute atomic E-state index is 0.203. The van der Waals surface area contributed by atoms with Crippen LogP contribution in [0.15, 0.2) is 54.7 Å². The number of carbonyl (C=O) groups excluding carboxylic acids is 1. The Bertz CT molecular complexity index is 1150. The summed E-state index contributed by atoms with van der Waals surface area (Å²) in [4.78, 5) is 25.7. The van der Waals surface area contributed by atoms with Crippen molar-refractivity contribution in [2.45, 2.75) is 25.0 Å². The van der Waals surface area contributed by atoms with Crippen molar-refractivity contribution in [3.63, 3.8) is 0 Å². The number of aliphatic hydroxyl groups excluding tert-OH is 1. The van der Waals surface area contributed by atoms with Crippen LogP contribution in [0.5, 0.6) is 0 Å². The first-order valence-electron chi connectivity index (χ1n) is 11.2. The van der Waals surface area contributed by atoms with Crippen molar-refractivity contribution in [2.24, 2.45) is 0 Å². The summed E-state index contributed by atoms with van der Waals surface area (Å²) in [5.41, 5.74) is 9.34. The Labute approximate surface area is 204 Å². The van der Waals surface area contributed by atoms with Gasteiger partial charge in [-0.2, -0.15) is 0 Å². The summed E-state index contributed by atoms with van der Waals surface area (Å²) in [7, 11) is 4.20. The van der Waals surface area contributed by atoms with Gasteiger partial charge >= 0.3 is 0 Å². The molecular formula is C25H29ClN6O2. The molecule has 1 aromatic heterocycles. The zero-order valence-electron chi connectivity index (χ0n) is 19.3. The fraction of sp³-hybridized carbons (Fsp3) is 0.320. The van der Waals surface area contributed by atoms with Gasteiger partial charge in [0.05, 0.1) is 17.1 Å². The van der Waals surface area contributed by atoms with E-state index in [1.165, 1.54) is 0 Å². The number of amides is 1. The van der Waals surface area contributed by atoms with Crippen molar-refractivity contribution >= 4 is 34.8 Å². The summed E-state index contributed by atoms with van der Waals surface area (Å²) in [6.45, 7) is 1.70. The lowest BCUT2D eigenvalue weighted by atomic mass is 10.0. The highest BCUT2D eigenvalue weighted by Crippen LogP contribution is 2.34. The quantitative estimate of drug-likeness (QED) is 0.495. The van der Waals surface area contributed by atoms with Gasteiger partial charge in [-0.3, -0.25) is 4.79 Å². The second kappa shape index (κ2) is 10.4. The highest BCUT2D eigenvalue weighted by Gasteiger charge is 2.25. The van der Waals surface area contributed by atoms with E-state index in [0.29, 0.717) is 28.0 Å². The first kappa shape index (κ1) is 23.9. The molecule has 34 heavy (non-hydrogen) atoms. The number of hydrogen-bond donors (Lipinski definition) is 3. The number of anilines is 3. The van der Waals surface area contributed by atoms with Crippen molar-refractivity contribution in [3.05, 3.63) is 65.3 Å². The van der Waals surface area contributed by atoms with Gasteiger partial charge in [-0.1, -0.05) is 29.8 Å². The normalized spacial score (nSPS) is 15.4. The predicted molar refractivity (Wildman–Crippen MR) is 136 cm³/mol. The minimum atomic E-state index is -1.31. The van der Waals surface area contributed by atoms with E-state index in [4.69, 9.17) is 17.3 Å². The molecule has 4 rings (SSSR count). The molecule has 0 spiro atoms. The molecule has 3 aromatic rings. The molecule has 2 aromatic carbocycles. The van der Waals surface area contributed by atoms with Gasteiger partial charge in [-0.25, -0.2) is 9.97 Å². The number of piperidine rings is 1. The third kappa shape index (κ3) is 5.47. The van der Waals surface area contributed by atoms with Crippen LogP contribution in [-0.2, 0) is 4.79 Å². The van der Waals surface area contributed by atoms with Crippen molar-refractivity contribution in [3.8, 4) is 11.3 Å². The molecule has 1 aliphatic rings. The molecule has 1 unspecified atom stereocenters. The predicted octanol–water partition coefficient (Wildman–Crippen LogP) is 3.58. The van der Waals surface area contributed by atoms with E-state index in [-0.39, 0.29) is 5.95 Å². The number of nitrogens with one attached hydrogen (secondary N) is 1. The van der Waals surface area contributed by atoms with Gasteiger partial charge in [-0.15, -0.1) is 0 Å². The average Bonchev–Trinajstić information content (AvgIpc) is 2.84. The summed E-state index contributed by atoms with van der Waals surface area (Å²) in [5.74, 6) is -0.305. The van der Waals surface area contributed by atoms with Crippen LogP contribution in [0, 0.1) is 0 Å². The summed E-state index contributed by atoms with van der Waals surface area (Å²) in [6, 6.07) is 14.6. The third-order valence-electron chi connectivity index (χ3n) is 6.20. The number of benzene rings is 2. The molecule has 8 nitrogen and oxygen atoms in total. The Balaban J connectivity index is 1.62. The molecule has 4 N–H and O–H groups in total. The number of nitrogen functional groups attached to an aromatic ring is 1. The summed E-state index contributed by atoms with van der Waals surface area (Å²) < 4.78 is 0. The Morgan fingerprint density at radius 2 is 1.88 bits per heavy atom. The Hall–Kier alpha value is -3.20. The van der Waals surface area contributed by atoms with Crippen LogP contribution in [0.1, 0.15) is 24.5 Å². The van der Waals surface area contributed by atoms with E-state index in [0.717, 1.165) is 37.2 Å². The number of carbonyl (C=O) groups is 1. The lowest BCUT2D eigenvalue weighted by molar-refractivity contribution is -0.124. The minimum Gasteiger partial charge on any atom is -0.378 e. The summed E-state index contributed by atoms with van der Waals surface area (Å²) in [5, 5.41) is 14.1. The average molecular weight is 481 g/mol. The molecule has 0 radical (unpaired) electrons. The SMILES string of the molecule is CN(C)C1CCN(c2cc(-c3ccnc(N)n3)ccc2NC(=O)C(O)c2ccc(Cl)cc2)CC1. The molecule has 178 valence electrons. The maximum absolute atomic E-state index is 12.9. The maximum atomic E-state index is 12.9. The van der Waals surface area contributed by atoms with E-state index in [2.05, 4.69) is 39.2 Å². The number of hydrogen-bond acceptors (Lipinski definition) is 7. The molecule has 9 heteroatoms. The van der Waals surface area contributed by atoms with Crippen LogP contribution in [0.4, 0.5) is 17.3 Å².